The van der Waals surface area contributed by atoms with Gasteiger partial charge in [-0.15, -0.1) is 0 Å². The first-order valence-corrected chi connectivity index (χ1v) is 9.51. The van der Waals surface area contributed by atoms with Crippen molar-refractivity contribution < 1.29 is 27.5 Å². The topological polar surface area (TPSA) is 49.9 Å². The van der Waals surface area contributed by atoms with E-state index in [-0.39, 0.29) is 49.9 Å². The summed E-state index contributed by atoms with van der Waals surface area (Å²) in [5.41, 5.74) is 2.14. The molecular formula is C20H25F3N2O3. The summed E-state index contributed by atoms with van der Waals surface area (Å²) in [5, 5.41) is 0. The number of likely N-dealkylation sites (tertiary alicyclic amines) is 1. The van der Waals surface area contributed by atoms with Crippen LogP contribution in [-0.2, 0) is 14.3 Å². The summed E-state index contributed by atoms with van der Waals surface area (Å²) in [6.45, 7) is 4.65. The molecule has 0 N–H and O–H groups in total. The number of alkyl halides is 3. The molecule has 2 unspecified atom stereocenters. The summed E-state index contributed by atoms with van der Waals surface area (Å²) in [7, 11) is 0. The molecule has 2 fully saturated rings. The number of amides is 2. The number of halogens is 3. The Morgan fingerprint density at radius 2 is 1.71 bits per heavy atom. The maximum atomic E-state index is 13.0. The van der Waals surface area contributed by atoms with Gasteiger partial charge >= 0.3 is 12.1 Å². The number of benzene rings is 1. The van der Waals surface area contributed by atoms with Gasteiger partial charge in [0.1, 0.15) is 6.10 Å². The quantitative estimate of drug-likeness (QED) is 0.769. The lowest BCUT2D eigenvalue weighted by Gasteiger charge is -2.41. The lowest BCUT2D eigenvalue weighted by Crippen LogP contribution is -2.53. The second kappa shape index (κ2) is 8.11. The van der Waals surface area contributed by atoms with Crippen LogP contribution in [0.4, 0.5) is 13.2 Å². The van der Waals surface area contributed by atoms with Gasteiger partial charge in [0.05, 0.1) is 19.2 Å². The van der Waals surface area contributed by atoms with E-state index in [9.17, 15) is 22.8 Å². The molecule has 2 saturated heterocycles. The van der Waals surface area contributed by atoms with Gasteiger partial charge in [-0.3, -0.25) is 9.59 Å². The molecule has 0 radical (unpaired) electrons. The molecule has 154 valence electrons. The highest BCUT2D eigenvalue weighted by Crippen LogP contribution is 2.29. The highest BCUT2D eigenvalue weighted by molar-refractivity contribution is 5.83. The third kappa shape index (κ3) is 4.48. The molecule has 5 nitrogen and oxygen atoms in total. The number of rotatable bonds is 2. The molecule has 2 heterocycles. The molecule has 2 aliphatic rings. The molecule has 2 atom stereocenters. The number of hydrogen-bond acceptors (Lipinski definition) is 3. The van der Waals surface area contributed by atoms with Gasteiger partial charge in [0.2, 0.25) is 5.91 Å². The maximum absolute atomic E-state index is 13.0. The Morgan fingerprint density at radius 3 is 2.29 bits per heavy atom. The minimum absolute atomic E-state index is 0.0468. The van der Waals surface area contributed by atoms with E-state index >= 15 is 0 Å². The summed E-state index contributed by atoms with van der Waals surface area (Å²) in [5.74, 6) is -2.25. The van der Waals surface area contributed by atoms with Gasteiger partial charge in [0.25, 0.3) is 0 Å². The van der Waals surface area contributed by atoms with Crippen LogP contribution >= 0.6 is 0 Å². The standard InChI is InChI=1S/C20H25F3N2O3/c1-13-3-5-15(6-4-13)17-11-25(14(2)12-28-17)18(26)16-7-9-24(10-8-16)19(27)20(21,22)23/h3-6,14,16-17H,7-12H2,1-2H3. The van der Waals surface area contributed by atoms with E-state index in [0.717, 1.165) is 16.0 Å². The number of morpholine rings is 1. The summed E-state index contributed by atoms with van der Waals surface area (Å²) in [6, 6.07) is 7.87. The minimum atomic E-state index is -4.86. The first-order chi connectivity index (χ1) is 13.2. The molecule has 2 aliphatic heterocycles. The largest absolute Gasteiger partial charge is 0.471 e. The minimum Gasteiger partial charge on any atom is -0.370 e. The lowest BCUT2D eigenvalue weighted by molar-refractivity contribution is -0.187. The van der Waals surface area contributed by atoms with Gasteiger partial charge in [0.15, 0.2) is 0 Å². The third-order valence-electron chi connectivity index (χ3n) is 5.54. The number of aryl methyl sites for hydroxylation is 1. The maximum Gasteiger partial charge on any atom is 0.471 e. The van der Waals surface area contributed by atoms with Gasteiger partial charge in [-0.2, -0.15) is 13.2 Å². The van der Waals surface area contributed by atoms with Gasteiger partial charge < -0.3 is 14.5 Å². The summed E-state index contributed by atoms with van der Waals surface area (Å²) in [6.07, 6.45) is -4.58. The molecule has 8 heteroatoms. The zero-order valence-corrected chi connectivity index (χ0v) is 16.0. The van der Waals surface area contributed by atoms with Crippen LogP contribution in [-0.4, -0.2) is 60.1 Å². The number of hydrogen-bond donors (Lipinski definition) is 0. The predicted molar refractivity (Wildman–Crippen MR) is 96.4 cm³/mol. The van der Waals surface area contributed by atoms with Crippen LogP contribution in [0, 0.1) is 12.8 Å². The Morgan fingerprint density at radius 1 is 1.11 bits per heavy atom. The van der Waals surface area contributed by atoms with Crippen molar-refractivity contribution in [2.24, 2.45) is 5.92 Å². The first-order valence-electron chi connectivity index (χ1n) is 9.51. The highest BCUT2D eigenvalue weighted by atomic mass is 19.4. The van der Waals surface area contributed by atoms with E-state index in [1.54, 1.807) is 4.90 Å². The second-order valence-electron chi connectivity index (χ2n) is 7.64. The fourth-order valence-electron chi connectivity index (χ4n) is 3.79. The Kier molecular flexibility index (Phi) is 5.98. The van der Waals surface area contributed by atoms with Crippen LogP contribution < -0.4 is 0 Å². The van der Waals surface area contributed by atoms with Crippen molar-refractivity contribution in [1.82, 2.24) is 9.80 Å². The Hall–Kier alpha value is -2.09. The number of carbonyl (C=O) groups excluding carboxylic acids is 2. The fourth-order valence-corrected chi connectivity index (χ4v) is 3.79. The Labute approximate surface area is 162 Å². The van der Waals surface area contributed by atoms with Crippen LogP contribution in [0.1, 0.15) is 37.0 Å². The molecular weight excluding hydrogens is 373 g/mol. The normalized spacial score (nSPS) is 24.3. The third-order valence-corrected chi connectivity index (χ3v) is 5.54. The van der Waals surface area contributed by atoms with Gasteiger partial charge in [0, 0.05) is 19.0 Å². The van der Waals surface area contributed by atoms with Gasteiger partial charge in [-0.1, -0.05) is 29.8 Å². The van der Waals surface area contributed by atoms with Crippen molar-refractivity contribution in [3.63, 3.8) is 0 Å². The van der Waals surface area contributed by atoms with Crippen LogP contribution in [0.15, 0.2) is 24.3 Å². The van der Waals surface area contributed by atoms with Crippen LogP contribution in [0.5, 0.6) is 0 Å². The molecule has 0 spiro atoms. The predicted octanol–water partition coefficient (Wildman–Crippen LogP) is 3.08. The number of piperidine rings is 1. The van der Waals surface area contributed by atoms with E-state index < -0.39 is 12.1 Å². The monoisotopic (exact) mass is 398 g/mol. The van der Waals surface area contributed by atoms with Crippen molar-refractivity contribution in [2.75, 3.05) is 26.2 Å². The molecule has 28 heavy (non-hydrogen) atoms. The summed E-state index contributed by atoms with van der Waals surface area (Å²) >= 11 is 0. The van der Waals surface area contributed by atoms with Gasteiger partial charge in [-0.05, 0) is 32.3 Å². The van der Waals surface area contributed by atoms with E-state index in [1.807, 2.05) is 38.1 Å². The zero-order valence-electron chi connectivity index (χ0n) is 16.0. The molecule has 0 aromatic heterocycles. The van der Waals surface area contributed by atoms with Gasteiger partial charge in [-0.25, -0.2) is 0 Å². The van der Waals surface area contributed by atoms with Crippen LogP contribution in [0.25, 0.3) is 0 Å². The number of carbonyl (C=O) groups is 2. The van der Waals surface area contributed by atoms with Crippen molar-refractivity contribution in [2.45, 2.75) is 45.0 Å². The smallest absolute Gasteiger partial charge is 0.370 e. The van der Waals surface area contributed by atoms with Crippen LogP contribution in [0.2, 0.25) is 0 Å². The van der Waals surface area contributed by atoms with E-state index in [1.165, 1.54) is 0 Å². The Bertz CT molecular complexity index is 712. The Balaban J connectivity index is 1.61. The second-order valence-corrected chi connectivity index (χ2v) is 7.64. The number of nitrogens with zero attached hydrogens (tertiary/aromatic N) is 2. The molecule has 0 bridgehead atoms. The first kappa shape index (κ1) is 20.6. The molecule has 2 amide bonds. The molecule has 0 aliphatic carbocycles. The number of ether oxygens (including phenoxy) is 1. The van der Waals surface area contributed by atoms with Crippen LogP contribution in [0.3, 0.4) is 0 Å². The van der Waals surface area contributed by atoms with Crippen molar-refractivity contribution in [3.8, 4) is 0 Å². The lowest BCUT2D eigenvalue weighted by atomic mass is 9.93. The SMILES string of the molecule is Cc1ccc(C2CN(C(=O)C3CCN(C(=O)C(F)(F)F)CC3)C(C)CO2)cc1. The van der Waals surface area contributed by atoms with Crippen molar-refractivity contribution in [1.29, 1.82) is 0 Å². The van der Waals surface area contributed by atoms with E-state index in [4.69, 9.17) is 4.74 Å². The molecule has 1 aromatic carbocycles. The summed E-state index contributed by atoms with van der Waals surface area (Å²) < 4.78 is 43.6. The fraction of sp³-hybridized carbons (Fsp3) is 0.600. The van der Waals surface area contributed by atoms with Crippen molar-refractivity contribution >= 4 is 11.8 Å². The van der Waals surface area contributed by atoms with E-state index in [0.29, 0.717) is 13.2 Å². The highest BCUT2D eigenvalue weighted by Gasteiger charge is 2.44. The van der Waals surface area contributed by atoms with Crippen molar-refractivity contribution in [3.05, 3.63) is 35.4 Å². The average Bonchev–Trinajstić information content (AvgIpc) is 2.67. The average molecular weight is 398 g/mol. The molecule has 3 rings (SSSR count). The molecule has 1 aromatic rings. The zero-order chi connectivity index (χ0) is 20.5. The molecule has 0 saturated carbocycles. The summed E-state index contributed by atoms with van der Waals surface area (Å²) in [4.78, 5) is 26.9. The van der Waals surface area contributed by atoms with E-state index in [2.05, 4.69) is 0 Å².